The van der Waals surface area contributed by atoms with Crippen LogP contribution in [0.4, 0.5) is 5.00 Å². The molecule has 0 saturated heterocycles. The number of ether oxygens (including phenoxy) is 3. The minimum Gasteiger partial charge on any atom is -0.470 e. The zero-order valence-corrected chi connectivity index (χ0v) is 21.6. The number of hydrogen-bond donors (Lipinski definition) is 1. The van der Waals surface area contributed by atoms with Crippen molar-refractivity contribution in [3.05, 3.63) is 62.2 Å². The number of nitrogens with zero attached hydrogens (tertiary/aromatic N) is 2. The Bertz CT molecular complexity index is 1240. The van der Waals surface area contributed by atoms with E-state index in [1.165, 1.54) is 10.7 Å². The number of nitrogens with one attached hydrogen (secondary N) is 1. The van der Waals surface area contributed by atoms with Gasteiger partial charge in [0.25, 0.3) is 5.91 Å². The Morgan fingerprint density at radius 3 is 2.57 bits per heavy atom. The summed E-state index contributed by atoms with van der Waals surface area (Å²) < 4.78 is 17.3. The van der Waals surface area contributed by atoms with Crippen LogP contribution in [0.25, 0.3) is 0 Å². The van der Waals surface area contributed by atoms with Crippen molar-refractivity contribution in [1.29, 1.82) is 0 Å². The Hall–Kier alpha value is -3.08. The summed E-state index contributed by atoms with van der Waals surface area (Å²) in [6.07, 6.45) is 2.18. The van der Waals surface area contributed by atoms with Crippen LogP contribution in [0.15, 0.2) is 30.5 Å². The van der Waals surface area contributed by atoms with Crippen molar-refractivity contribution in [3.63, 3.8) is 0 Å². The van der Waals surface area contributed by atoms with Crippen LogP contribution in [0.1, 0.15) is 56.3 Å². The molecule has 2 aromatic heterocycles. The summed E-state index contributed by atoms with van der Waals surface area (Å²) in [5, 5.41) is 7.86. The minimum atomic E-state index is -0.634. The summed E-state index contributed by atoms with van der Waals surface area (Å²) in [5.74, 6) is -1.38. The van der Waals surface area contributed by atoms with E-state index in [0.29, 0.717) is 27.8 Å². The molecule has 0 unspecified atom stereocenters. The lowest BCUT2D eigenvalue weighted by Gasteiger charge is -2.08. The fraction of sp³-hybridized carbons (Fsp3) is 0.304. The van der Waals surface area contributed by atoms with Crippen LogP contribution in [-0.4, -0.2) is 40.8 Å². The summed E-state index contributed by atoms with van der Waals surface area (Å²) in [6, 6.07) is 6.31. The van der Waals surface area contributed by atoms with Gasteiger partial charge in [0, 0.05) is 11.2 Å². The van der Waals surface area contributed by atoms with E-state index in [2.05, 4.69) is 10.4 Å². The maximum absolute atomic E-state index is 12.9. The standard InChI is InChI=1S/C23H23Cl2N3O6S/c1-4-10-33-22(30)18-13(3)19(23(31)32-5-2)35-21(18)26-20(29)16-8-9-28(27-16)12-34-17-7-6-14(24)11-15(17)25/h6-9,11H,4-5,10,12H2,1-3H3,(H,26,29). The smallest absolute Gasteiger partial charge is 0.348 e. The lowest BCUT2D eigenvalue weighted by molar-refractivity contribution is 0.0506. The van der Waals surface area contributed by atoms with Crippen LogP contribution in [-0.2, 0) is 16.2 Å². The van der Waals surface area contributed by atoms with Crippen LogP contribution in [0, 0.1) is 6.92 Å². The Labute approximate surface area is 215 Å². The van der Waals surface area contributed by atoms with Gasteiger partial charge in [0.05, 0.1) is 23.8 Å². The molecule has 0 atom stereocenters. The molecular weight excluding hydrogens is 517 g/mol. The van der Waals surface area contributed by atoms with Gasteiger partial charge in [-0.15, -0.1) is 11.3 Å². The molecule has 1 N–H and O–H groups in total. The molecule has 3 aromatic rings. The Balaban J connectivity index is 1.77. The maximum atomic E-state index is 12.9. The highest BCUT2D eigenvalue weighted by molar-refractivity contribution is 7.18. The average Bonchev–Trinajstić information content (AvgIpc) is 3.41. The highest BCUT2D eigenvalue weighted by atomic mass is 35.5. The van der Waals surface area contributed by atoms with Crippen LogP contribution in [0.3, 0.4) is 0 Å². The van der Waals surface area contributed by atoms with Crippen LogP contribution < -0.4 is 10.1 Å². The first-order valence-corrected chi connectivity index (χ1v) is 12.2. The first-order chi connectivity index (χ1) is 16.7. The van der Waals surface area contributed by atoms with Crippen molar-refractivity contribution >= 4 is 57.4 Å². The average molecular weight is 540 g/mol. The molecule has 0 aliphatic heterocycles. The predicted octanol–water partition coefficient (Wildman–Crippen LogP) is 5.59. The molecule has 2 heterocycles. The van der Waals surface area contributed by atoms with Crippen molar-refractivity contribution in [2.75, 3.05) is 18.5 Å². The second kappa shape index (κ2) is 12.1. The third-order valence-corrected chi connectivity index (χ3v) is 6.31. The molecule has 0 radical (unpaired) electrons. The van der Waals surface area contributed by atoms with Gasteiger partial charge in [-0.3, -0.25) is 4.79 Å². The van der Waals surface area contributed by atoms with Gasteiger partial charge in [-0.25, -0.2) is 14.3 Å². The second-order valence-electron chi connectivity index (χ2n) is 7.16. The molecule has 0 bridgehead atoms. The number of rotatable bonds is 10. The molecule has 186 valence electrons. The van der Waals surface area contributed by atoms with Crippen LogP contribution in [0.2, 0.25) is 10.0 Å². The highest BCUT2D eigenvalue weighted by Gasteiger charge is 2.28. The molecule has 1 aromatic carbocycles. The van der Waals surface area contributed by atoms with Gasteiger partial charge < -0.3 is 19.5 Å². The number of amides is 1. The summed E-state index contributed by atoms with van der Waals surface area (Å²) >= 11 is 12.9. The second-order valence-corrected chi connectivity index (χ2v) is 9.02. The Morgan fingerprint density at radius 2 is 1.89 bits per heavy atom. The lowest BCUT2D eigenvalue weighted by Crippen LogP contribution is -2.16. The monoisotopic (exact) mass is 539 g/mol. The van der Waals surface area contributed by atoms with E-state index < -0.39 is 17.8 Å². The number of halogens is 2. The fourth-order valence-electron chi connectivity index (χ4n) is 2.96. The molecule has 0 saturated carbocycles. The SMILES string of the molecule is CCCOC(=O)c1c(NC(=O)c2ccn(COc3ccc(Cl)cc3Cl)n2)sc(C(=O)OCC)c1C. The summed E-state index contributed by atoms with van der Waals surface area (Å²) in [4.78, 5) is 38.1. The van der Waals surface area contributed by atoms with E-state index in [1.54, 1.807) is 38.2 Å². The summed E-state index contributed by atoms with van der Waals surface area (Å²) in [7, 11) is 0. The molecule has 12 heteroatoms. The molecule has 1 amide bonds. The number of anilines is 1. The number of benzene rings is 1. The number of esters is 2. The van der Waals surface area contributed by atoms with E-state index >= 15 is 0 Å². The van der Waals surface area contributed by atoms with E-state index in [0.717, 1.165) is 11.3 Å². The highest BCUT2D eigenvalue weighted by Crippen LogP contribution is 2.34. The van der Waals surface area contributed by atoms with Crippen molar-refractivity contribution in [2.24, 2.45) is 0 Å². The molecule has 0 spiro atoms. The number of carbonyl (C=O) groups is 3. The molecule has 0 aliphatic carbocycles. The normalized spacial score (nSPS) is 10.7. The molecule has 0 fully saturated rings. The van der Waals surface area contributed by atoms with E-state index in [1.807, 2.05) is 6.92 Å². The zero-order chi connectivity index (χ0) is 25.5. The first-order valence-electron chi connectivity index (χ1n) is 10.6. The zero-order valence-electron chi connectivity index (χ0n) is 19.2. The van der Waals surface area contributed by atoms with Crippen molar-refractivity contribution < 1.29 is 28.6 Å². The molecule has 3 rings (SSSR count). The summed E-state index contributed by atoms with van der Waals surface area (Å²) in [6.45, 7) is 5.53. The molecule has 9 nitrogen and oxygen atoms in total. The van der Waals surface area contributed by atoms with Gasteiger partial charge in [-0.1, -0.05) is 30.1 Å². The van der Waals surface area contributed by atoms with Crippen LogP contribution in [0.5, 0.6) is 5.75 Å². The summed E-state index contributed by atoms with van der Waals surface area (Å²) in [5.41, 5.74) is 0.566. The fourth-order valence-corrected chi connectivity index (χ4v) is 4.50. The van der Waals surface area contributed by atoms with Gasteiger partial charge in [-0.2, -0.15) is 5.10 Å². The number of hydrogen-bond acceptors (Lipinski definition) is 8. The third kappa shape index (κ3) is 6.53. The molecule has 35 heavy (non-hydrogen) atoms. The van der Waals surface area contributed by atoms with Crippen molar-refractivity contribution in [3.8, 4) is 5.75 Å². The quantitative estimate of drug-likeness (QED) is 0.334. The van der Waals surface area contributed by atoms with E-state index in [4.69, 9.17) is 37.4 Å². The van der Waals surface area contributed by atoms with Gasteiger partial charge in [0.2, 0.25) is 0 Å². The predicted molar refractivity (Wildman–Crippen MR) is 133 cm³/mol. The van der Waals surface area contributed by atoms with E-state index in [-0.39, 0.29) is 41.1 Å². The minimum absolute atomic E-state index is 0.00561. The molecule has 0 aliphatic rings. The van der Waals surface area contributed by atoms with E-state index in [9.17, 15) is 14.4 Å². The van der Waals surface area contributed by atoms with Crippen LogP contribution >= 0.6 is 34.5 Å². The number of aromatic nitrogens is 2. The Morgan fingerprint density at radius 1 is 1.11 bits per heavy atom. The van der Waals surface area contributed by atoms with Gasteiger partial charge in [0.1, 0.15) is 15.6 Å². The van der Waals surface area contributed by atoms with Gasteiger partial charge >= 0.3 is 11.9 Å². The third-order valence-electron chi connectivity index (χ3n) is 4.60. The molecular formula is C23H23Cl2N3O6S. The Kier molecular flexibility index (Phi) is 9.13. The van der Waals surface area contributed by atoms with Crippen molar-refractivity contribution in [2.45, 2.75) is 33.9 Å². The number of thiophene rings is 1. The van der Waals surface area contributed by atoms with Crippen molar-refractivity contribution in [1.82, 2.24) is 9.78 Å². The maximum Gasteiger partial charge on any atom is 0.348 e. The lowest BCUT2D eigenvalue weighted by atomic mass is 10.1. The van der Waals surface area contributed by atoms with Gasteiger partial charge in [0.15, 0.2) is 12.4 Å². The topological polar surface area (TPSA) is 109 Å². The van der Waals surface area contributed by atoms with Gasteiger partial charge in [-0.05, 0) is 50.1 Å². The first kappa shape index (κ1) is 26.5. The largest absolute Gasteiger partial charge is 0.470 e. The number of carbonyl (C=O) groups excluding carboxylic acids is 3.